The van der Waals surface area contributed by atoms with E-state index < -0.39 is 0 Å². The minimum absolute atomic E-state index is 0.145. The number of methoxy groups -OCH3 is 1. The highest BCUT2D eigenvalue weighted by Gasteiger charge is 2.34. The number of alkyl halides is 1. The largest absolute Gasteiger partial charge is 0.465 e. The lowest BCUT2D eigenvalue weighted by Gasteiger charge is -2.37. The molecule has 0 aliphatic carbocycles. The zero-order valence-electron chi connectivity index (χ0n) is 11.6. The van der Waals surface area contributed by atoms with Gasteiger partial charge in [-0.3, -0.25) is 0 Å². The third kappa shape index (κ3) is 3.66. The number of carbonyl (C=O) groups is 1. The van der Waals surface area contributed by atoms with Crippen molar-refractivity contribution in [3.8, 4) is 0 Å². The van der Waals surface area contributed by atoms with E-state index in [2.05, 4.69) is 12.1 Å². The Morgan fingerprint density at radius 2 is 2.10 bits per heavy atom. The van der Waals surface area contributed by atoms with Crippen LogP contribution in [0.5, 0.6) is 0 Å². The average Bonchev–Trinajstić information content (AvgIpc) is 2.53. The number of halogens is 1. The SMILES string of the molecule is COC(=O)c1ccc(C2(CCCCl)CSCCS2)cc1. The van der Waals surface area contributed by atoms with Crippen LogP contribution in [0, 0.1) is 0 Å². The van der Waals surface area contributed by atoms with E-state index in [9.17, 15) is 4.79 Å². The number of hydrogen-bond acceptors (Lipinski definition) is 4. The third-order valence-corrected chi connectivity index (χ3v) is 6.93. The van der Waals surface area contributed by atoms with Crippen LogP contribution in [0.2, 0.25) is 0 Å². The van der Waals surface area contributed by atoms with E-state index in [1.807, 2.05) is 35.7 Å². The molecule has 5 heteroatoms. The first-order valence-corrected chi connectivity index (χ1v) is 9.36. The van der Waals surface area contributed by atoms with E-state index in [1.165, 1.54) is 24.2 Å². The van der Waals surface area contributed by atoms with Crippen molar-refractivity contribution in [1.29, 1.82) is 0 Å². The third-order valence-electron chi connectivity index (χ3n) is 3.49. The first-order chi connectivity index (χ1) is 9.72. The van der Waals surface area contributed by atoms with Gasteiger partial charge in [0.15, 0.2) is 0 Å². The summed E-state index contributed by atoms with van der Waals surface area (Å²) in [5.41, 5.74) is 1.91. The van der Waals surface area contributed by atoms with E-state index in [-0.39, 0.29) is 10.7 Å². The summed E-state index contributed by atoms with van der Waals surface area (Å²) in [6.07, 6.45) is 2.11. The molecule has 1 saturated heterocycles. The molecule has 1 aliphatic rings. The first-order valence-electron chi connectivity index (χ1n) is 6.68. The summed E-state index contributed by atoms with van der Waals surface area (Å²) in [5.74, 6) is 3.93. The quantitative estimate of drug-likeness (QED) is 0.598. The lowest BCUT2D eigenvalue weighted by Crippen LogP contribution is -2.29. The fraction of sp³-hybridized carbons (Fsp3) is 0.533. The molecule has 2 nitrogen and oxygen atoms in total. The first kappa shape index (κ1) is 16.1. The zero-order valence-corrected chi connectivity index (χ0v) is 14.0. The van der Waals surface area contributed by atoms with Crippen LogP contribution in [-0.4, -0.2) is 36.2 Å². The smallest absolute Gasteiger partial charge is 0.337 e. The molecular formula is C15H19ClO2S2. The molecule has 1 aliphatic heterocycles. The van der Waals surface area contributed by atoms with Crippen molar-refractivity contribution in [2.75, 3.05) is 30.2 Å². The molecule has 1 atom stereocenters. The van der Waals surface area contributed by atoms with Gasteiger partial charge in [-0.2, -0.15) is 11.8 Å². The lowest BCUT2D eigenvalue weighted by atomic mass is 9.94. The zero-order chi connectivity index (χ0) is 14.4. The van der Waals surface area contributed by atoms with Gasteiger partial charge in [0.2, 0.25) is 0 Å². The van der Waals surface area contributed by atoms with Crippen LogP contribution in [-0.2, 0) is 9.48 Å². The number of esters is 1. The highest BCUT2D eigenvalue weighted by molar-refractivity contribution is 8.06. The lowest BCUT2D eigenvalue weighted by molar-refractivity contribution is 0.0600. The molecule has 0 radical (unpaired) electrons. The van der Waals surface area contributed by atoms with Gasteiger partial charge in [-0.15, -0.1) is 23.4 Å². The van der Waals surface area contributed by atoms with E-state index in [0.29, 0.717) is 11.4 Å². The highest BCUT2D eigenvalue weighted by Crippen LogP contribution is 2.46. The molecule has 110 valence electrons. The van der Waals surface area contributed by atoms with Crippen molar-refractivity contribution >= 4 is 41.1 Å². The van der Waals surface area contributed by atoms with Crippen LogP contribution < -0.4 is 0 Å². The van der Waals surface area contributed by atoms with Gasteiger partial charge in [0.1, 0.15) is 0 Å². The van der Waals surface area contributed by atoms with E-state index in [1.54, 1.807) is 0 Å². The molecule has 1 aromatic carbocycles. The van der Waals surface area contributed by atoms with Crippen LogP contribution in [0.3, 0.4) is 0 Å². The van der Waals surface area contributed by atoms with Crippen LogP contribution in [0.1, 0.15) is 28.8 Å². The molecule has 0 spiro atoms. The molecule has 1 aromatic rings. The van der Waals surface area contributed by atoms with Crippen molar-refractivity contribution < 1.29 is 9.53 Å². The number of benzene rings is 1. The number of carbonyl (C=O) groups excluding carboxylic acids is 1. The Morgan fingerprint density at radius 1 is 1.35 bits per heavy atom. The minimum atomic E-state index is -0.281. The summed E-state index contributed by atoms with van der Waals surface area (Å²) in [6, 6.07) is 7.87. The maximum absolute atomic E-state index is 11.5. The number of thioether (sulfide) groups is 2. The number of hydrogen-bond donors (Lipinski definition) is 0. The molecule has 1 heterocycles. The van der Waals surface area contributed by atoms with Crippen molar-refractivity contribution in [1.82, 2.24) is 0 Å². The van der Waals surface area contributed by atoms with Crippen molar-refractivity contribution in [3.63, 3.8) is 0 Å². The van der Waals surface area contributed by atoms with E-state index in [4.69, 9.17) is 16.3 Å². The minimum Gasteiger partial charge on any atom is -0.465 e. The van der Waals surface area contributed by atoms with Gasteiger partial charge >= 0.3 is 5.97 Å². The molecule has 0 amide bonds. The average molecular weight is 331 g/mol. The van der Waals surface area contributed by atoms with Gasteiger partial charge in [0.05, 0.1) is 12.7 Å². The van der Waals surface area contributed by atoms with Gasteiger partial charge in [-0.05, 0) is 30.5 Å². The molecule has 1 fully saturated rings. The van der Waals surface area contributed by atoms with Gasteiger partial charge in [0.25, 0.3) is 0 Å². The van der Waals surface area contributed by atoms with Crippen molar-refractivity contribution in [2.24, 2.45) is 0 Å². The Morgan fingerprint density at radius 3 is 2.65 bits per heavy atom. The molecule has 2 rings (SSSR count). The van der Waals surface area contributed by atoms with Crippen molar-refractivity contribution in [3.05, 3.63) is 35.4 Å². The Hall–Kier alpha value is -0.320. The maximum atomic E-state index is 11.5. The molecule has 0 bridgehead atoms. The normalized spacial score (nSPS) is 22.5. The topological polar surface area (TPSA) is 26.3 Å². The molecule has 0 aromatic heterocycles. The van der Waals surface area contributed by atoms with Crippen LogP contribution in [0.15, 0.2) is 24.3 Å². The highest BCUT2D eigenvalue weighted by atomic mass is 35.5. The second kappa shape index (κ2) is 7.62. The Kier molecular flexibility index (Phi) is 6.12. The van der Waals surface area contributed by atoms with Crippen LogP contribution >= 0.6 is 35.1 Å². The molecule has 1 unspecified atom stereocenters. The Labute approximate surface area is 134 Å². The summed E-state index contributed by atoms with van der Waals surface area (Å²) in [5, 5.41) is 0. The standard InChI is InChI=1S/C15H19ClO2S2/c1-18-14(17)12-3-5-13(6-4-12)15(7-2-8-16)11-19-9-10-20-15/h3-6H,2,7-11H2,1H3. The van der Waals surface area contributed by atoms with Crippen molar-refractivity contribution in [2.45, 2.75) is 17.6 Å². The van der Waals surface area contributed by atoms with Crippen LogP contribution in [0.25, 0.3) is 0 Å². The second-order valence-corrected chi connectivity index (χ2v) is 7.72. The fourth-order valence-electron chi connectivity index (χ4n) is 2.41. The summed E-state index contributed by atoms with van der Waals surface area (Å²) in [4.78, 5) is 11.5. The maximum Gasteiger partial charge on any atom is 0.337 e. The summed E-state index contributed by atoms with van der Waals surface area (Å²) in [6.45, 7) is 0. The number of rotatable bonds is 5. The predicted molar refractivity (Wildman–Crippen MR) is 89.2 cm³/mol. The predicted octanol–water partition coefficient (Wildman–Crippen LogP) is 4.17. The van der Waals surface area contributed by atoms with Gasteiger partial charge in [-0.25, -0.2) is 4.79 Å². The molecule has 0 saturated carbocycles. The summed E-state index contributed by atoms with van der Waals surface area (Å²) < 4.78 is 4.89. The van der Waals surface area contributed by atoms with Gasteiger partial charge < -0.3 is 4.74 Å². The Bertz CT molecular complexity index is 442. The van der Waals surface area contributed by atoms with Crippen LogP contribution in [0.4, 0.5) is 0 Å². The second-order valence-electron chi connectivity index (χ2n) is 4.76. The summed E-state index contributed by atoms with van der Waals surface area (Å²) in [7, 11) is 1.41. The van der Waals surface area contributed by atoms with E-state index >= 15 is 0 Å². The van der Waals surface area contributed by atoms with Gasteiger partial charge in [-0.1, -0.05) is 12.1 Å². The van der Waals surface area contributed by atoms with Gasteiger partial charge in [0, 0.05) is 27.9 Å². The summed E-state index contributed by atoms with van der Waals surface area (Å²) >= 11 is 9.91. The molecular weight excluding hydrogens is 312 g/mol. The fourth-order valence-corrected chi connectivity index (χ4v) is 5.70. The Balaban J connectivity index is 2.22. The molecule has 0 N–H and O–H groups in total. The number of ether oxygens (including phenoxy) is 1. The van der Waals surface area contributed by atoms with E-state index in [0.717, 1.165) is 18.6 Å². The monoisotopic (exact) mass is 330 g/mol. The molecule has 20 heavy (non-hydrogen) atoms.